The number of nitrogens with two attached hydrogens (primary N) is 1. The molecule has 1 heteroatoms. The Morgan fingerprint density at radius 1 is 1.15 bits per heavy atom. The maximum absolute atomic E-state index is 4.85. The molecule has 13 heavy (non-hydrogen) atoms. The van der Waals surface area contributed by atoms with Crippen LogP contribution in [0.1, 0.15) is 30.5 Å². The van der Waals surface area contributed by atoms with Crippen molar-refractivity contribution in [3.63, 3.8) is 0 Å². The molecule has 0 amide bonds. The Morgan fingerprint density at radius 2 is 1.69 bits per heavy atom. The molecular weight excluding hydrogens is 158 g/mol. The zero-order valence-electron chi connectivity index (χ0n) is 9.22. The maximum atomic E-state index is 4.85. The van der Waals surface area contributed by atoms with E-state index in [1.165, 1.54) is 16.7 Å². The van der Waals surface area contributed by atoms with Gasteiger partial charge in [0.1, 0.15) is 0 Å². The summed E-state index contributed by atoms with van der Waals surface area (Å²) in [5.74, 6) is 0. The smallest absolute Gasteiger partial charge is 0.0106 e. The summed E-state index contributed by atoms with van der Waals surface area (Å²) in [6.07, 6.45) is 1.14. The van der Waals surface area contributed by atoms with Crippen LogP contribution in [0.5, 0.6) is 0 Å². The van der Waals surface area contributed by atoms with Crippen molar-refractivity contribution in [2.75, 3.05) is 6.54 Å². The molecule has 0 saturated carbocycles. The second kappa shape index (κ2) is 6.67. The number of hydrogen-bond donors (Lipinski definition) is 1. The molecule has 0 radical (unpaired) electrons. The largest absolute Gasteiger partial charge is 0.331 e. The van der Waals surface area contributed by atoms with Gasteiger partial charge in [-0.2, -0.15) is 0 Å². The van der Waals surface area contributed by atoms with Crippen LogP contribution in [0.2, 0.25) is 0 Å². The predicted molar refractivity (Wildman–Crippen MR) is 60.0 cm³/mol. The molecule has 1 nitrogen and oxygen atoms in total. The van der Waals surface area contributed by atoms with Gasteiger partial charge in [0.15, 0.2) is 0 Å². The Bertz CT molecular complexity index is 241. The average molecular weight is 179 g/mol. The number of aryl methyl sites for hydroxylation is 3. The number of hydrogen-bond acceptors (Lipinski definition) is 1. The molecule has 1 rings (SSSR count). The van der Waals surface area contributed by atoms with Crippen molar-refractivity contribution in [2.45, 2.75) is 34.1 Å². The van der Waals surface area contributed by atoms with Gasteiger partial charge >= 0.3 is 0 Å². The number of rotatable bonds is 1. The molecule has 0 aliphatic carbocycles. The maximum Gasteiger partial charge on any atom is -0.0106 e. The zero-order valence-corrected chi connectivity index (χ0v) is 9.22. The van der Waals surface area contributed by atoms with Crippen LogP contribution in [0.3, 0.4) is 0 Å². The fraction of sp³-hybridized carbons (Fsp3) is 0.500. The number of benzene rings is 1. The van der Waals surface area contributed by atoms with Crippen molar-refractivity contribution in [1.82, 2.24) is 0 Å². The third kappa shape index (κ3) is 4.69. The van der Waals surface area contributed by atoms with Crippen molar-refractivity contribution >= 4 is 0 Å². The van der Waals surface area contributed by atoms with Crippen molar-refractivity contribution < 1.29 is 0 Å². The van der Waals surface area contributed by atoms with Crippen molar-refractivity contribution in [3.8, 4) is 0 Å². The lowest BCUT2D eigenvalue weighted by molar-refractivity contribution is 1.10. The van der Waals surface area contributed by atoms with E-state index in [0.717, 1.165) is 13.0 Å². The Balaban J connectivity index is 0.000000424. The lowest BCUT2D eigenvalue weighted by Gasteiger charge is -2.02. The van der Waals surface area contributed by atoms with Gasteiger partial charge in [-0.15, -0.1) is 0 Å². The fourth-order valence-electron chi connectivity index (χ4n) is 1.24. The summed E-state index contributed by atoms with van der Waals surface area (Å²) in [5, 5.41) is 0. The Kier molecular flexibility index (Phi) is 6.25. The second-order valence-corrected chi connectivity index (χ2v) is 3.19. The highest BCUT2D eigenvalue weighted by Crippen LogP contribution is 2.10. The molecule has 0 aromatic heterocycles. The Morgan fingerprint density at radius 3 is 2.08 bits per heavy atom. The van der Waals surface area contributed by atoms with Crippen molar-refractivity contribution in [3.05, 3.63) is 34.9 Å². The lowest BCUT2D eigenvalue weighted by Crippen LogP contribution is -1.87. The molecule has 0 aliphatic rings. The predicted octanol–water partition coefficient (Wildman–Crippen LogP) is 2.83. The van der Waals surface area contributed by atoms with Crippen LogP contribution in [0.15, 0.2) is 18.2 Å². The molecule has 0 saturated heterocycles. The van der Waals surface area contributed by atoms with Gasteiger partial charge in [0.2, 0.25) is 0 Å². The normalized spacial score (nSPS) is 9.00. The Hall–Kier alpha value is -0.820. The van der Waals surface area contributed by atoms with E-state index in [4.69, 9.17) is 5.73 Å². The van der Waals surface area contributed by atoms with Crippen LogP contribution >= 0.6 is 0 Å². The minimum atomic E-state index is 0.750. The first-order valence-electron chi connectivity index (χ1n) is 4.91. The van der Waals surface area contributed by atoms with E-state index in [0.29, 0.717) is 0 Å². The molecule has 0 unspecified atom stereocenters. The molecule has 0 atom stereocenters. The van der Waals surface area contributed by atoms with Crippen LogP contribution in [-0.2, 0) is 6.42 Å². The summed E-state index contributed by atoms with van der Waals surface area (Å²) in [5.41, 5.74) is 9.09. The van der Waals surface area contributed by atoms with E-state index >= 15 is 0 Å². The summed E-state index contributed by atoms with van der Waals surface area (Å²) < 4.78 is 0. The summed E-state index contributed by atoms with van der Waals surface area (Å²) in [6.45, 7) is 9.15. The summed E-state index contributed by atoms with van der Waals surface area (Å²) >= 11 is 0. The van der Waals surface area contributed by atoms with Crippen molar-refractivity contribution in [1.29, 1.82) is 0 Å². The quantitative estimate of drug-likeness (QED) is 0.705. The van der Waals surface area contributed by atoms with Crippen LogP contribution in [0.25, 0.3) is 0 Å². The van der Waals surface area contributed by atoms with E-state index in [1.54, 1.807) is 0 Å². The molecule has 1 aromatic rings. The second-order valence-electron chi connectivity index (χ2n) is 3.19. The minimum absolute atomic E-state index is 0.750. The van der Waals surface area contributed by atoms with Crippen LogP contribution in [-0.4, -0.2) is 6.54 Å². The summed E-state index contributed by atoms with van der Waals surface area (Å²) in [7, 11) is 0. The van der Waals surface area contributed by atoms with Gasteiger partial charge in [0, 0.05) is 0 Å². The fourth-order valence-corrected chi connectivity index (χ4v) is 1.24. The minimum Gasteiger partial charge on any atom is -0.331 e. The first-order chi connectivity index (χ1) is 6.15. The molecule has 1 aromatic carbocycles. The van der Waals surface area contributed by atoms with Crippen molar-refractivity contribution in [2.24, 2.45) is 5.73 Å². The summed E-state index contributed by atoms with van der Waals surface area (Å²) in [6, 6.07) is 6.62. The highest BCUT2D eigenvalue weighted by Gasteiger charge is 1.93. The first-order valence-corrected chi connectivity index (χ1v) is 4.91. The van der Waals surface area contributed by atoms with E-state index in [9.17, 15) is 0 Å². The van der Waals surface area contributed by atoms with Crippen LogP contribution in [0.4, 0.5) is 0 Å². The first kappa shape index (κ1) is 12.2. The molecule has 0 heterocycles. The van der Waals surface area contributed by atoms with E-state index < -0.39 is 0 Å². The lowest BCUT2D eigenvalue weighted by atomic mass is 10.0. The van der Waals surface area contributed by atoms with Gasteiger partial charge in [-0.05, 0) is 37.9 Å². The standard InChI is InChI=1S/C10H14.C2H7N/c1-4-10-6-5-8(2)7-9(10)3;1-2-3/h5-7H,4H2,1-3H3;2-3H2,1H3. The molecule has 0 spiro atoms. The van der Waals surface area contributed by atoms with E-state index in [1.807, 2.05) is 6.92 Å². The van der Waals surface area contributed by atoms with E-state index in [-0.39, 0.29) is 0 Å². The van der Waals surface area contributed by atoms with Gasteiger partial charge in [-0.1, -0.05) is 37.6 Å². The SMILES string of the molecule is CCN.CCc1ccc(C)cc1C. The van der Waals surface area contributed by atoms with Gasteiger partial charge < -0.3 is 5.73 Å². The molecular formula is C12H21N. The van der Waals surface area contributed by atoms with Crippen LogP contribution < -0.4 is 5.73 Å². The summed E-state index contributed by atoms with van der Waals surface area (Å²) in [4.78, 5) is 0. The molecule has 74 valence electrons. The zero-order chi connectivity index (χ0) is 10.3. The van der Waals surface area contributed by atoms with E-state index in [2.05, 4.69) is 39.0 Å². The topological polar surface area (TPSA) is 26.0 Å². The monoisotopic (exact) mass is 179 g/mol. The molecule has 0 aliphatic heterocycles. The third-order valence-corrected chi connectivity index (χ3v) is 1.88. The van der Waals surface area contributed by atoms with Gasteiger partial charge in [-0.25, -0.2) is 0 Å². The van der Waals surface area contributed by atoms with Gasteiger partial charge in [0.05, 0.1) is 0 Å². The molecule has 0 bridgehead atoms. The van der Waals surface area contributed by atoms with Gasteiger partial charge in [-0.3, -0.25) is 0 Å². The molecule has 0 fully saturated rings. The Labute approximate surface area is 82.0 Å². The van der Waals surface area contributed by atoms with Crippen LogP contribution in [0, 0.1) is 13.8 Å². The van der Waals surface area contributed by atoms with Gasteiger partial charge in [0.25, 0.3) is 0 Å². The third-order valence-electron chi connectivity index (χ3n) is 1.88. The highest BCUT2D eigenvalue weighted by atomic mass is 14.5. The highest BCUT2D eigenvalue weighted by molar-refractivity contribution is 5.30. The average Bonchev–Trinajstić information content (AvgIpc) is 2.06. The molecule has 2 N–H and O–H groups in total.